The van der Waals surface area contributed by atoms with Crippen molar-refractivity contribution >= 4 is 11.9 Å². The summed E-state index contributed by atoms with van der Waals surface area (Å²) < 4.78 is 19.3. The zero-order valence-electron chi connectivity index (χ0n) is 14.2. The van der Waals surface area contributed by atoms with Gasteiger partial charge in [0.15, 0.2) is 0 Å². The Morgan fingerprint density at radius 3 is 2.60 bits per heavy atom. The first-order chi connectivity index (χ1) is 11.7. The molecule has 1 saturated heterocycles. The molecular weight excluding hydrogens is 327 g/mol. The highest BCUT2D eigenvalue weighted by Crippen LogP contribution is 2.33. The average molecular weight is 346 g/mol. The van der Waals surface area contributed by atoms with Crippen LogP contribution >= 0.6 is 0 Å². The lowest BCUT2D eigenvalue weighted by Gasteiger charge is -2.22. The van der Waals surface area contributed by atoms with Crippen LogP contribution in [0.1, 0.15) is 35.7 Å². The number of hydrogen-bond donors (Lipinski definition) is 2. The van der Waals surface area contributed by atoms with Crippen LogP contribution in [-0.4, -0.2) is 28.5 Å². The minimum absolute atomic E-state index is 0.0343. The van der Waals surface area contributed by atoms with E-state index in [0.29, 0.717) is 17.1 Å². The van der Waals surface area contributed by atoms with E-state index in [0.717, 1.165) is 4.90 Å². The molecule has 6 nitrogen and oxygen atoms in total. The fourth-order valence-electron chi connectivity index (χ4n) is 3.19. The molecule has 0 spiro atoms. The second-order valence-electron chi connectivity index (χ2n) is 6.34. The van der Waals surface area contributed by atoms with Gasteiger partial charge in [0.2, 0.25) is 0 Å². The Labute approximate surface area is 144 Å². The molecule has 7 heteroatoms. The number of nitrogens with zero attached hydrogens (tertiary/aromatic N) is 1. The number of rotatable bonds is 4. The number of carbonyl (C=O) groups is 2. The fourth-order valence-corrected chi connectivity index (χ4v) is 3.19. The van der Waals surface area contributed by atoms with Gasteiger partial charge >= 0.3 is 6.03 Å². The number of nitrogens with one attached hydrogen (secondary N) is 1. The van der Waals surface area contributed by atoms with E-state index in [1.165, 1.54) is 18.2 Å². The monoisotopic (exact) mass is 346 g/mol. The maximum Gasteiger partial charge on any atom is 0.325 e. The number of imide groups is 1. The van der Waals surface area contributed by atoms with Crippen LogP contribution in [0.5, 0.6) is 0 Å². The maximum absolute atomic E-state index is 13.8. The van der Waals surface area contributed by atoms with Crippen LogP contribution in [0.15, 0.2) is 34.7 Å². The molecule has 25 heavy (non-hydrogen) atoms. The molecule has 1 aliphatic rings. The van der Waals surface area contributed by atoms with Crippen molar-refractivity contribution in [1.82, 2.24) is 10.2 Å². The molecule has 1 aromatic heterocycles. The van der Waals surface area contributed by atoms with Crippen LogP contribution < -0.4 is 5.32 Å². The molecule has 3 rings (SSSR count). The Hall–Kier alpha value is -2.67. The third kappa shape index (κ3) is 2.80. The third-order valence-electron chi connectivity index (χ3n) is 4.47. The molecule has 2 aromatic rings. The molecule has 132 valence electrons. The Bertz CT molecular complexity index is 847. The van der Waals surface area contributed by atoms with Gasteiger partial charge in [-0.3, -0.25) is 9.69 Å². The number of aryl methyl sites for hydroxylation is 2. The second-order valence-corrected chi connectivity index (χ2v) is 6.34. The van der Waals surface area contributed by atoms with Crippen molar-refractivity contribution in [3.05, 3.63) is 58.8 Å². The van der Waals surface area contributed by atoms with Crippen molar-refractivity contribution in [1.29, 1.82) is 0 Å². The van der Waals surface area contributed by atoms with Gasteiger partial charge in [0, 0.05) is 11.1 Å². The third-order valence-corrected chi connectivity index (χ3v) is 4.47. The van der Waals surface area contributed by atoms with Crippen LogP contribution in [0.25, 0.3) is 0 Å². The molecule has 0 unspecified atom stereocenters. The number of furan rings is 1. The van der Waals surface area contributed by atoms with Gasteiger partial charge < -0.3 is 14.8 Å². The topological polar surface area (TPSA) is 82.8 Å². The highest BCUT2D eigenvalue weighted by atomic mass is 19.1. The summed E-state index contributed by atoms with van der Waals surface area (Å²) in [4.78, 5) is 26.1. The van der Waals surface area contributed by atoms with E-state index >= 15 is 0 Å². The molecule has 0 aliphatic carbocycles. The van der Waals surface area contributed by atoms with E-state index < -0.39 is 29.4 Å². The van der Waals surface area contributed by atoms with Crippen molar-refractivity contribution in [2.75, 3.05) is 6.54 Å². The SMILES string of the molecule is Cc1cc([C@@]2(C)NC(=O)N(C[C@@H](O)c3ccccc3F)C2=O)c(C)o1. The van der Waals surface area contributed by atoms with Gasteiger partial charge in [-0.05, 0) is 32.9 Å². The molecule has 3 amide bonds. The Kier molecular flexibility index (Phi) is 4.12. The smallest absolute Gasteiger partial charge is 0.325 e. The molecular formula is C18H19FN2O4. The number of benzene rings is 1. The van der Waals surface area contributed by atoms with Gasteiger partial charge in [-0.25, -0.2) is 9.18 Å². The van der Waals surface area contributed by atoms with E-state index in [1.54, 1.807) is 32.9 Å². The summed E-state index contributed by atoms with van der Waals surface area (Å²) in [7, 11) is 0. The van der Waals surface area contributed by atoms with Gasteiger partial charge in [0.25, 0.3) is 5.91 Å². The first kappa shape index (κ1) is 17.2. The van der Waals surface area contributed by atoms with Gasteiger partial charge in [-0.15, -0.1) is 0 Å². The number of aliphatic hydroxyl groups is 1. The molecule has 2 atom stereocenters. The lowest BCUT2D eigenvalue weighted by Crippen LogP contribution is -2.41. The van der Waals surface area contributed by atoms with Crippen molar-refractivity contribution in [3.8, 4) is 0 Å². The van der Waals surface area contributed by atoms with Crippen molar-refractivity contribution < 1.29 is 23.5 Å². The fraction of sp³-hybridized carbons (Fsp3) is 0.333. The van der Waals surface area contributed by atoms with Gasteiger partial charge in [0.05, 0.1) is 12.6 Å². The van der Waals surface area contributed by atoms with Crippen LogP contribution in [0, 0.1) is 19.7 Å². The van der Waals surface area contributed by atoms with Crippen molar-refractivity contribution in [2.45, 2.75) is 32.4 Å². The first-order valence-electron chi connectivity index (χ1n) is 7.88. The second kappa shape index (κ2) is 6.00. The molecule has 1 fully saturated rings. The normalized spacial score (nSPS) is 21.6. The number of urea groups is 1. The number of β-amino-alcohol motifs (C(OH)–C–C–N with tert-alkyl or cyclic N) is 1. The highest BCUT2D eigenvalue weighted by molar-refractivity contribution is 6.07. The lowest BCUT2D eigenvalue weighted by molar-refractivity contribution is -0.132. The zero-order chi connectivity index (χ0) is 18.4. The summed E-state index contributed by atoms with van der Waals surface area (Å²) >= 11 is 0. The van der Waals surface area contributed by atoms with Crippen LogP contribution in [-0.2, 0) is 10.3 Å². The van der Waals surface area contributed by atoms with Gasteiger partial charge in [0.1, 0.15) is 22.9 Å². The average Bonchev–Trinajstić information content (AvgIpc) is 3.00. The Morgan fingerprint density at radius 2 is 2.00 bits per heavy atom. The first-order valence-corrected chi connectivity index (χ1v) is 7.88. The number of carbonyl (C=O) groups excluding carboxylic acids is 2. The lowest BCUT2D eigenvalue weighted by atomic mass is 9.92. The van der Waals surface area contributed by atoms with E-state index in [2.05, 4.69) is 5.32 Å². The maximum atomic E-state index is 13.8. The molecule has 1 aliphatic heterocycles. The summed E-state index contributed by atoms with van der Waals surface area (Å²) in [5, 5.41) is 12.9. The molecule has 2 heterocycles. The van der Waals surface area contributed by atoms with Crippen LogP contribution in [0.3, 0.4) is 0 Å². The highest BCUT2D eigenvalue weighted by Gasteiger charge is 2.51. The molecule has 2 N–H and O–H groups in total. The molecule has 0 bridgehead atoms. The zero-order valence-corrected chi connectivity index (χ0v) is 14.2. The van der Waals surface area contributed by atoms with E-state index in [-0.39, 0.29) is 12.1 Å². The van der Waals surface area contributed by atoms with Crippen molar-refractivity contribution in [2.24, 2.45) is 0 Å². The Balaban J connectivity index is 1.87. The molecule has 0 saturated carbocycles. The molecule has 1 aromatic carbocycles. The van der Waals surface area contributed by atoms with Gasteiger partial charge in [-0.2, -0.15) is 0 Å². The largest absolute Gasteiger partial charge is 0.466 e. The van der Waals surface area contributed by atoms with E-state index in [9.17, 15) is 19.1 Å². The summed E-state index contributed by atoms with van der Waals surface area (Å²) in [5.41, 5.74) is -0.688. The van der Waals surface area contributed by atoms with Crippen LogP contribution in [0.4, 0.5) is 9.18 Å². The summed E-state index contributed by atoms with van der Waals surface area (Å²) in [6.45, 7) is 4.71. The van der Waals surface area contributed by atoms with E-state index in [1.807, 2.05) is 0 Å². The Morgan fingerprint density at radius 1 is 1.32 bits per heavy atom. The number of halogens is 1. The summed E-state index contributed by atoms with van der Waals surface area (Å²) in [6.07, 6.45) is -1.31. The minimum atomic E-state index is -1.31. The molecule has 0 radical (unpaired) electrons. The predicted octanol–water partition coefficient (Wildman–Crippen LogP) is 2.54. The number of aliphatic hydroxyl groups excluding tert-OH is 1. The summed E-state index contributed by atoms with van der Waals surface area (Å²) in [6, 6.07) is 6.77. The van der Waals surface area contributed by atoms with Gasteiger partial charge in [-0.1, -0.05) is 18.2 Å². The summed E-state index contributed by atoms with van der Waals surface area (Å²) in [5.74, 6) is 0.0497. The minimum Gasteiger partial charge on any atom is -0.466 e. The number of hydrogen-bond acceptors (Lipinski definition) is 4. The van der Waals surface area contributed by atoms with Crippen molar-refractivity contribution in [3.63, 3.8) is 0 Å². The predicted molar refractivity (Wildman–Crippen MR) is 87.1 cm³/mol. The quantitative estimate of drug-likeness (QED) is 0.834. The number of amides is 3. The van der Waals surface area contributed by atoms with E-state index in [4.69, 9.17) is 4.42 Å². The van der Waals surface area contributed by atoms with Crippen LogP contribution in [0.2, 0.25) is 0 Å². The standard InChI is InChI=1S/C18H19FN2O4/c1-10-8-13(11(2)25-10)18(3)16(23)21(17(24)20-18)9-15(22)12-6-4-5-7-14(12)19/h4-8,15,22H,9H2,1-3H3,(H,20,24)/t15-,18-/m1/s1.